The molecule has 1 heterocycles. The molecule has 1 aliphatic heterocycles. The fraction of sp³-hybridized carbons (Fsp3) is 0.600. The molecule has 0 fully saturated rings. The van der Waals surface area contributed by atoms with Crippen molar-refractivity contribution in [1.82, 2.24) is 10.6 Å². The summed E-state index contributed by atoms with van der Waals surface area (Å²) in [5, 5.41) is 6.52. The largest absolute Gasteiger partial charge is 0.463 e. The Labute approximate surface area is 115 Å². The highest BCUT2D eigenvalue weighted by Crippen LogP contribution is 2.31. The summed E-state index contributed by atoms with van der Waals surface area (Å²) in [7, 11) is 3.97. The maximum absolute atomic E-state index is 5.80. The SMILES string of the molecule is CNC[C@H](Cc1ccc2c(c1)COC(C)(C)O2)NC. The van der Waals surface area contributed by atoms with Gasteiger partial charge in [-0.15, -0.1) is 0 Å². The van der Waals surface area contributed by atoms with Crippen molar-refractivity contribution in [3.05, 3.63) is 29.3 Å². The van der Waals surface area contributed by atoms with Crippen LogP contribution in [0, 0.1) is 0 Å². The van der Waals surface area contributed by atoms with Gasteiger partial charge in [-0.05, 0) is 38.2 Å². The lowest BCUT2D eigenvalue weighted by Crippen LogP contribution is -2.37. The van der Waals surface area contributed by atoms with E-state index in [1.807, 2.05) is 27.9 Å². The molecule has 0 aliphatic carbocycles. The highest BCUT2D eigenvalue weighted by Gasteiger charge is 2.27. The molecule has 0 saturated heterocycles. The molecule has 0 bridgehead atoms. The molecule has 4 nitrogen and oxygen atoms in total. The lowest BCUT2D eigenvalue weighted by Gasteiger charge is -2.32. The summed E-state index contributed by atoms with van der Waals surface area (Å²) < 4.78 is 11.5. The summed E-state index contributed by atoms with van der Waals surface area (Å²) in [5.41, 5.74) is 2.44. The maximum atomic E-state index is 5.80. The highest BCUT2D eigenvalue weighted by atomic mass is 16.7. The number of rotatable bonds is 5. The second-order valence-corrected chi connectivity index (χ2v) is 5.48. The van der Waals surface area contributed by atoms with E-state index < -0.39 is 5.79 Å². The molecule has 4 heteroatoms. The molecule has 0 spiro atoms. The van der Waals surface area contributed by atoms with Crippen LogP contribution in [0.1, 0.15) is 25.0 Å². The lowest BCUT2D eigenvalue weighted by atomic mass is 10.0. The molecule has 1 aliphatic rings. The quantitative estimate of drug-likeness (QED) is 0.849. The Hall–Kier alpha value is -1.10. The Morgan fingerprint density at radius 2 is 2.11 bits per heavy atom. The number of hydrogen-bond donors (Lipinski definition) is 2. The molecule has 0 saturated carbocycles. The third-order valence-corrected chi connectivity index (χ3v) is 3.40. The summed E-state index contributed by atoms with van der Waals surface area (Å²) >= 11 is 0. The lowest BCUT2D eigenvalue weighted by molar-refractivity contribution is -0.180. The molecule has 19 heavy (non-hydrogen) atoms. The van der Waals surface area contributed by atoms with Gasteiger partial charge in [0.2, 0.25) is 5.79 Å². The van der Waals surface area contributed by atoms with Crippen LogP contribution in [-0.4, -0.2) is 32.5 Å². The van der Waals surface area contributed by atoms with Crippen LogP contribution in [0.15, 0.2) is 18.2 Å². The predicted octanol–water partition coefficient (Wildman–Crippen LogP) is 1.68. The van der Waals surface area contributed by atoms with E-state index in [2.05, 4.69) is 28.8 Å². The van der Waals surface area contributed by atoms with Crippen molar-refractivity contribution in [1.29, 1.82) is 0 Å². The summed E-state index contributed by atoms with van der Waals surface area (Å²) in [6.45, 7) is 5.45. The third kappa shape index (κ3) is 3.69. The topological polar surface area (TPSA) is 42.5 Å². The number of likely N-dealkylation sites (N-methyl/N-ethyl adjacent to an activating group) is 2. The molecule has 0 amide bonds. The first kappa shape index (κ1) is 14.3. The Morgan fingerprint density at radius 1 is 1.32 bits per heavy atom. The number of hydrogen-bond acceptors (Lipinski definition) is 4. The summed E-state index contributed by atoms with van der Waals surface area (Å²) in [4.78, 5) is 0. The van der Waals surface area contributed by atoms with E-state index >= 15 is 0 Å². The average Bonchev–Trinajstić information content (AvgIpc) is 2.37. The van der Waals surface area contributed by atoms with Gasteiger partial charge in [0.15, 0.2) is 0 Å². The minimum atomic E-state index is -0.520. The van der Waals surface area contributed by atoms with Crippen molar-refractivity contribution in [3.8, 4) is 5.75 Å². The van der Waals surface area contributed by atoms with E-state index in [9.17, 15) is 0 Å². The molecule has 0 radical (unpaired) electrons. The molecule has 1 atom stereocenters. The van der Waals surface area contributed by atoms with Gasteiger partial charge in [-0.2, -0.15) is 0 Å². The van der Waals surface area contributed by atoms with E-state index in [0.717, 1.165) is 24.3 Å². The zero-order valence-electron chi connectivity index (χ0n) is 12.2. The number of ether oxygens (including phenoxy) is 2. The smallest absolute Gasteiger partial charge is 0.205 e. The van der Waals surface area contributed by atoms with Crippen molar-refractivity contribution < 1.29 is 9.47 Å². The Kier molecular flexibility index (Phi) is 4.45. The average molecular weight is 264 g/mol. The first-order valence-corrected chi connectivity index (χ1v) is 6.80. The van der Waals surface area contributed by atoms with Crippen LogP contribution in [0.25, 0.3) is 0 Å². The van der Waals surface area contributed by atoms with Gasteiger partial charge in [0.05, 0.1) is 6.61 Å². The van der Waals surface area contributed by atoms with Gasteiger partial charge < -0.3 is 20.1 Å². The van der Waals surface area contributed by atoms with Crippen LogP contribution >= 0.6 is 0 Å². The van der Waals surface area contributed by atoms with E-state index in [1.54, 1.807) is 0 Å². The van der Waals surface area contributed by atoms with Gasteiger partial charge in [-0.3, -0.25) is 0 Å². The number of nitrogens with one attached hydrogen (secondary N) is 2. The molecule has 0 aromatic heterocycles. The van der Waals surface area contributed by atoms with Crippen molar-refractivity contribution in [2.45, 2.75) is 38.7 Å². The molecule has 1 aromatic rings. The molecule has 106 valence electrons. The van der Waals surface area contributed by atoms with Crippen LogP contribution in [-0.2, 0) is 17.8 Å². The second-order valence-electron chi connectivity index (χ2n) is 5.48. The zero-order valence-corrected chi connectivity index (χ0v) is 12.2. The summed E-state index contributed by atoms with van der Waals surface area (Å²) in [5.74, 6) is 0.420. The fourth-order valence-electron chi connectivity index (χ4n) is 2.33. The number of benzene rings is 1. The van der Waals surface area contributed by atoms with Gasteiger partial charge in [-0.25, -0.2) is 0 Å². The Morgan fingerprint density at radius 3 is 2.79 bits per heavy atom. The summed E-state index contributed by atoms with van der Waals surface area (Å²) in [6, 6.07) is 6.82. The van der Waals surface area contributed by atoms with Crippen LogP contribution < -0.4 is 15.4 Å². The zero-order chi connectivity index (χ0) is 13.9. The normalized spacial score (nSPS) is 18.5. The van der Waals surface area contributed by atoms with Gasteiger partial charge >= 0.3 is 0 Å². The Bertz CT molecular complexity index is 432. The van der Waals surface area contributed by atoms with Gasteiger partial charge in [0.25, 0.3) is 0 Å². The molecule has 0 unspecified atom stereocenters. The molecule has 1 aromatic carbocycles. The van der Waals surface area contributed by atoms with Crippen LogP contribution in [0.5, 0.6) is 5.75 Å². The monoisotopic (exact) mass is 264 g/mol. The van der Waals surface area contributed by atoms with Crippen molar-refractivity contribution in [3.63, 3.8) is 0 Å². The predicted molar refractivity (Wildman–Crippen MR) is 76.4 cm³/mol. The van der Waals surface area contributed by atoms with Crippen LogP contribution in [0.3, 0.4) is 0 Å². The first-order valence-electron chi connectivity index (χ1n) is 6.80. The standard InChI is InChI=1S/C15H24N2O2/c1-15(2)18-10-12-7-11(5-6-14(12)19-15)8-13(17-4)9-16-3/h5-7,13,16-17H,8-10H2,1-4H3/t13-/m0/s1. The van der Waals surface area contributed by atoms with Gasteiger partial charge in [0.1, 0.15) is 5.75 Å². The van der Waals surface area contributed by atoms with Crippen molar-refractivity contribution in [2.24, 2.45) is 0 Å². The minimum Gasteiger partial charge on any atom is -0.463 e. The van der Waals surface area contributed by atoms with E-state index in [0.29, 0.717) is 12.6 Å². The van der Waals surface area contributed by atoms with E-state index in [1.165, 1.54) is 5.56 Å². The van der Waals surface area contributed by atoms with Crippen LogP contribution in [0.2, 0.25) is 0 Å². The Balaban J connectivity index is 2.09. The van der Waals surface area contributed by atoms with Crippen molar-refractivity contribution in [2.75, 3.05) is 20.6 Å². The third-order valence-electron chi connectivity index (χ3n) is 3.40. The molecule has 2 N–H and O–H groups in total. The van der Waals surface area contributed by atoms with E-state index in [4.69, 9.17) is 9.47 Å². The van der Waals surface area contributed by atoms with Gasteiger partial charge in [-0.1, -0.05) is 6.07 Å². The summed E-state index contributed by atoms with van der Waals surface area (Å²) in [6.07, 6.45) is 0.994. The minimum absolute atomic E-state index is 0.435. The van der Waals surface area contributed by atoms with Crippen LogP contribution in [0.4, 0.5) is 0 Å². The molecular weight excluding hydrogens is 240 g/mol. The highest BCUT2D eigenvalue weighted by molar-refractivity contribution is 5.38. The second kappa shape index (κ2) is 5.90. The first-order chi connectivity index (χ1) is 9.04. The molecule has 2 rings (SSSR count). The number of fused-ring (bicyclic) bond motifs is 1. The van der Waals surface area contributed by atoms with Crippen molar-refractivity contribution >= 4 is 0 Å². The molecular formula is C15H24N2O2. The fourth-order valence-corrected chi connectivity index (χ4v) is 2.33. The van der Waals surface area contributed by atoms with E-state index in [-0.39, 0.29) is 0 Å². The van der Waals surface area contributed by atoms with Gasteiger partial charge in [0, 0.05) is 32.0 Å². The maximum Gasteiger partial charge on any atom is 0.205 e.